The standard InChI is InChI=1S/C20H19BrN4O6/c1-12-9-13(21)4-6-15(12)23-19(27)11-22-18(26)3-2-8-24-16-7-5-14(25(29)30)10-17(16)31-20(24)28/h4-7,9-10H,2-3,8,11H2,1H3,(H,22,26)(H,23,27). The number of oxazole rings is 1. The lowest BCUT2D eigenvalue weighted by Crippen LogP contribution is -2.33. The molecule has 11 heteroatoms. The summed E-state index contributed by atoms with van der Waals surface area (Å²) < 4.78 is 7.26. The van der Waals surface area contributed by atoms with Crippen LogP contribution in [-0.4, -0.2) is 27.8 Å². The van der Waals surface area contributed by atoms with Crippen molar-refractivity contribution in [1.82, 2.24) is 9.88 Å². The van der Waals surface area contributed by atoms with Gasteiger partial charge in [-0.15, -0.1) is 0 Å². The molecule has 3 aromatic rings. The number of fused-ring (bicyclic) bond motifs is 1. The van der Waals surface area contributed by atoms with Crippen LogP contribution in [-0.2, 0) is 16.1 Å². The van der Waals surface area contributed by atoms with Crippen molar-refractivity contribution < 1.29 is 18.9 Å². The average Bonchev–Trinajstić information content (AvgIpc) is 3.03. The van der Waals surface area contributed by atoms with Gasteiger partial charge in [0.05, 0.1) is 23.1 Å². The average molecular weight is 491 g/mol. The number of rotatable bonds is 8. The van der Waals surface area contributed by atoms with Crippen LogP contribution in [0.4, 0.5) is 11.4 Å². The molecule has 2 amide bonds. The molecule has 1 aromatic heterocycles. The van der Waals surface area contributed by atoms with Gasteiger partial charge >= 0.3 is 5.76 Å². The van der Waals surface area contributed by atoms with Gasteiger partial charge in [-0.3, -0.25) is 24.3 Å². The third-order valence-corrected chi connectivity index (χ3v) is 5.05. The van der Waals surface area contributed by atoms with E-state index >= 15 is 0 Å². The quantitative estimate of drug-likeness (QED) is 0.367. The third kappa shape index (κ3) is 5.57. The van der Waals surface area contributed by atoms with Gasteiger partial charge in [0.2, 0.25) is 11.8 Å². The Balaban J connectivity index is 1.49. The number of nitrogens with zero attached hydrogens (tertiary/aromatic N) is 2. The number of anilines is 1. The largest absolute Gasteiger partial charge is 0.419 e. The number of hydrogen-bond donors (Lipinski definition) is 2. The van der Waals surface area contributed by atoms with Gasteiger partial charge in [-0.05, 0) is 43.2 Å². The van der Waals surface area contributed by atoms with Crippen molar-refractivity contribution >= 4 is 50.2 Å². The molecule has 162 valence electrons. The van der Waals surface area contributed by atoms with Crippen LogP contribution in [0.25, 0.3) is 11.1 Å². The van der Waals surface area contributed by atoms with Gasteiger partial charge < -0.3 is 15.1 Å². The molecule has 0 saturated heterocycles. The van der Waals surface area contributed by atoms with Gasteiger partial charge in [0.1, 0.15) is 0 Å². The zero-order valence-electron chi connectivity index (χ0n) is 16.5. The fraction of sp³-hybridized carbons (Fsp3) is 0.250. The summed E-state index contributed by atoms with van der Waals surface area (Å²) in [5, 5.41) is 16.1. The normalized spacial score (nSPS) is 10.8. The molecule has 0 aliphatic rings. The minimum Gasteiger partial charge on any atom is -0.407 e. The highest BCUT2D eigenvalue weighted by atomic mass is 79.9. The number of hydrogen-bond acceptors (Lipinski definition) is 6. The summed E-state index contributed by atoms with van der Waals surface area (Å²) in [5.41, 5.74) is 1.90. The molecule has 2 aromatic carbocycles. The lowest BCUT2D eigenvalue weighted by molar-refractivity contribution is -0.384. The molecule has 0 aliphatic carbocycles. The maximum atomic E-state index is 12.0. The number of carbonyl (C=O) groups excluding carboxylic acids is 2. The molecule has 0 aliphatic heterocycles. The first-order chi connectivity index (χ1) is 14.7. The van der Waals surface area contributed by atoms with Gasteiger partial charge in [-0.2, -0.15) is 0 Å². The lowest BCUT2D eigenvalue weighted by Gasteiger charge is -2.09. The molecule has 0 unspecified atom stereocenters. The fourth-order valence-corrected chi connectivity index (χ4v) is 3.48. The predicted octanol–water partition coefficient (Wildman–Crippen LogP) is 3.11. The molecule has 1 heterocycles. The number of benzene rings is 2. The van der Waals surface area contributed by atoms with Gasteiger partial charge in [0.15, 0.2) is 5.58 Å². The highest BCUT2D eigenvalue weighted by Crippen LogP contribution is 2.21. The monoisotopic (exact) mass is 490 g/mol. The number of nitro benzene ring substituents is 1. The van der Waals surface area contributed by atoms with Gasteiger partial charge in [-0.25, -0.2) is 4.79 Å². The number of non-ortho nitro benzene ring substituents is 1. The molecular formula is C20H19BrN4O6. The summed E-state index contributed by atoms with van der Waals surface area (Å²) in [5.74, 6) is -1.34. The summed E-state index contributed by atoms with van der Waals surface area (Å²) in [6.45, 7) is 1.88. The molecule has 0 saturated carbocycles. The maximum Gasteiger partial charge on any atom is 0.419 e. The number of nitro groups is 1. The molecule has 0 fully saturated rings. The molecule has 2 N–H and O–H groups in total. The van der Waals surface area contributed by atoms with E-state index in [0.717, 1.165) is 10.0 Å². The molecule has 31 heavy (non-hydrogen) atoms. The van der Waals surface area contributed by atoms with E-state index < -0.39 is 10.7 Å². The Hall–Kier alpha value is -3.47. The van der Waals surface area contributed by atoms with E-state index in [1.165, 1.54) is 22.8 Å². The van der Waals surface area contributed by atoms with Crippen molar-refractivity contribution in [3.05, 3.63) is 67.1 Å². The Morgan fingerprint density at radius 2 is 1.97 bits per heavy atom. The Morgan fingerprint density at radius 3 is 2.68 bits per heavy atom. The second kappa shape index (κ2) is 9.56. The second-order valence-corrected chi connectivity index (χ2v) is 7.73. The first kappa shape index (κ1) is 22.2. The lowest BCUT2D eigenvalue weighted by atomic mass is 10.2. The zero-order chi connectivity index (χ0) is 22.5. The number of nitrogens with one attached hydrogen (secondary N) is 2. The highest BCUT2D eigenvalue weighted by Gasteiger charge is 2.14. The molecule has 0 atom stereocenters. The Kier molecular flexibility index (Phi) is 6.85. The van der Waals surface area contributed by atoms with Crippen LogP contribution in [0.2, 0.25) is 0 Å². The van der Waals surface area contributed by atoms with Gasteiger partial charge in [-0.1, -0.05) is 15.9 Å². The van der Waals surface area contributed by atoms with Gasteiger partial charge in [0.25, 0.3) is 5.69 Å². The first-order valence-electron chi connectivity index (χ1n) is 9.35. The smallest absolute Gasteiger partial charge is 0.407 e. The van der Waals surface area contributed by atoms with Crippen molar-refractivity contribution in [3.8, 4) is 0 Å². The van der Waals surface area contributed by atoms with Crippen molar-refractivity contribution in [2.45, 2.75) is 26.3 Å². The summed E-state index contributed by atoms with van der Waals surface area (Å²) in [6.07, 6.45) is 0.418. The Labute approximate surface area is 184 Å². The van der Waals surface area contributed by atoms with Crippen LogP contribution >= 0.6 is 15.9 Å². The molecule has 0 spiro atoms. The summed E-state index contributed by atoms with van der Waals surface area (Å²) in [4.78, 5) is 46.3. The van der Waals surface area contributed by atoms with Crippen molar-refractivity contribution in [1.29, 1.82) is 0 Å². The topological polar surface area (TPSA) is 136 Å². The zero-order valence-corrected chi connectivity index (χ0v) is 18.1. The number of halogens is 1. The Morgan fingerprint density at radius 1 is 1.19 bits per heavy atom. The summed E-state index contributed by atoms with van der Waals surface area (Å²) in [6, 6.07) is 9.35. The number of amides is 2. The van der Waals surface area contributed by atoms with Crippen LogP contribution in [0.15, 0.2) is 50.1 Å². The van der Waals surface area contributed by atoms with Crippen LogP contribution in [0.1, 0.15) is 18.4 Å². The van der Waals surface area contributed by atoms with Crippen molar-refractivity contribution in [2.75, 3.05) is 11.9 Å². The minimum atomic E-state index is -0.653. The van der Waals surface area contributed by atoms with E-state index in [1.54, 1.807) is 12.1 Å². The molecule has 3 rings (SSSR count). The van der Waals surface area contributed by atoms with E-state index in [1.807, 2.05) is 13.0 Å². The molecular weight excluding hydrogens is 472 g/mol. The van der Waals surface area contributed by atoms with Crippen molar-refractivity contribution in [2.24, 2.45) is 0 Å². The number of aryl methyl sites for hydroxylation is 2. The fourth-order valence-electron chi connectivity index (χ4n) is 3.01. The third-order valence-electron chi connectivity index (χ3n) is 4.56. The number of aromatic nitrogens is 1. The predicted molar refractivity (Wildman–Crippen MR) is 117 cm³/mol. The van der Waals surface area contributed by atoms with Crippen LogP contribution in [0.5, 0.6) is 0 Å². The van der Waals surface area contributed by atoms with E-state index in [2.05, 4.69) is 26.6 Å². The molecule has 0 bridgehead atoms. The minimum absolute atomic E-state index is 0.0939. The van der Waals surface area contributed by atoms with E-state index in [9.17, 15) is 24.5 Å². The maximum absolute atomic E-state index is 12.0. The Bertz CT molecular complexity index is 1220. The first-order valence-corrected chi connectivity index (χ1v) is 10.1. The van der Waals surface area contributed by atoms with Gasteiger partial charge in [0, 0.05) is 29.2 Å². The second-order valence-electron chi connectivity index (χ2n) is 6.82. The molecule has 0 radical (unpaired) electrons. The molecule has 10 nitrogen and oxygen atoms in total. The van der Waals surface area contributed by atoms with E-state index in [-0.39, 0.29) is 42.6 Å². The number of carbonyl (C=O) groups is 2. The summed E-state index contributed by atoms with van der Waals surface area (Å²) >= 11 is 3.35. The van der Waals surface area contributed by atoms with Crippen LogP contribution in [0.3, 0.4) is 0 Å². The van der Waals surface area contributed by atoms with Crippen molar-refractivity contribution in [3.63, 3.8) is 0 Å². The van der Waals surface area contributed by atoms with Crippen LogP contribution < -0.4 is 16.4 Å². The van der Waals surface area contributed by atoms with Crippen LogP contribution in [0, 0.1) is 17.0 Å². The highest BCUT2D eigenvalue weighted by molar-refractivity contribution is 9.10. The van der Waals surface area contributed by atoms with E-state index in [4.69, 9.17) is 4.42 Å². The summed E-state index contributed by atoms with van der Waals surface area (Å²) in [7, 11) is 0. The SMILES string of the molecule is Cc1cc(Br)ccc1NC(=O)CNC(=O)CCCn1c(=O)oc2cc([N+](=O)[O-])ccc21. The van der Waals surface area contributed by atoms with E-state index in [0.29, 0.717) is 17.6 Å².